The van der Waals surface area contributed by atoms with Crippen molar-refractivity contribution in [2.24, 2.45) is 0 Å². The summed E-state index contributed by atoms with van der Waals surface area (Å²) in [5.41, 5.74) is 0. The van der Waals surface area contributed by atoms with Crippen LogP contribution in [0.25, 0.3) is 0 Å². The second kappa shape index (κ2) is 120. The molecule has 0 spiro atoms. The zero-order valence-corrected chi connectivity index (χ0v) is 3.85. The molecule has 0 bridgehead atoms. The van der Waals surface area contributed by atoms with E-state index < -0.39 is 0 Å². The fraction of sp³-hybridized carbons (Fsp3) is 0. The van der Waals surface area contributed by atoms with E-state index in [1.165, 1.54) is 0 Å². The summed E-state index contributed by atoms with van der Waals surface area (Å²) in [7, 11) is 0. The molecule has 0 aliphatic carbocycles. The zero-order valence-electron chi connectivity index (χ0n) is 2.29. The van der Waals surface area contributed by atoms with Crippen molar-refractivity contribution in [3.8, 4) is 0 Å². The van der Waals surface area contributed by atoms with Gasteiger partial charge < -0.3 is 10.9 Å². The Hall–Kier alpha value is 0.404. The Morgan fingerprint density at radius 3 is 1.25 bits per heavy atom. The van der Waals surface area contributed by atoms with Gasteiger partial charge in [0, 0.05) is 0 Å². The predicted molar refractivity (Wildman–Crippen MR) is 6.67 cm³/mol. The molecule has 0 aromatic heterocycles. The van der Waals surface area contributed by atoms with Crippen LogP contribution in [0.3, 0.4) is 0 Å². The number of quaternary nitrogens is 1. The third-order valence-electron chi connectivity index (χ3n) is 0. The molecule has 2 nitrogen and oxygen atoms in total. The first-order valence-corrected chi connectivity index (χ1v) is 0.842. The first kappa shape index (κ1) is 25.9. The van der Waals surface area contributed by atoms with Crippen molar-refractivity contribution in [2.45, 2.75) is 0 Å². The van der Waals surface area contributed by atoms with Crippen molar-refractivity contribution in [1.29, 1.82) is 0 Å². The van der Waals surface area contributed by atoms with Crippen LogP contribution >= 0.6 is 0 Å². The van der Waals surface area contributed by atoms with Gasteiger partial charge in [-0.1, -0.05) is 0 Å². The predicted octanol–water partition coefficient (Wildman–Crippen LogP) is -2.74. The second-order valence-corrected chi connectivity index (χ2v) is 0. The average molecular weight is 101 g/mol. The van der Waals surface area contributed by atoms with E-state index in [0.717, 1.165) is 20.4 Å². The first-order chi connectivity index (χ1) is 1.00. The molecule has 0 saturated carbocycles. The van der Waals surface area contributed by atoms with Gasteiger partial charge in [0.2, 0.25) is 0 Å². The van der Waals surface area contributed by atoms with Gasteiger partial charge in [-0.25, -0.2) is 0 Å². The summed E-state index contributed by atoms with van der Waals surface area (Å²) in [5, 5.41) is 0. The number of rotatable bonds is 0. The van der Waals surface area contributed by atoms with E-state index in [4.69, 9.17) is 3.32 Å². The number of hydrogen-bond donors (Lipinski definition) is 1. The van der Waals surface area contributed by atoms with E-state index in [0.29, 0.717) is 0 Å². The fourth-order valence-electron chi connectivity index (χ4n) is 0. The van der Waals surface area contributed by atoms with E-state index in [1.807, 2.05) is 0 Å². The molecule has 0 saturated heterocycles. The van der Waals surface area contributed by atoms with Gasteiger partial charge in [-0.15, -0.1) is 0 Å². The second-order valence-electron chi connectivity index (χ2n) is 0. The van der Waals surface area contributed by atoms with Gasteiger partial charge in [-0.3, -0.25) is 0 Å². The molecule has 0 aromatic carbocycles. The molecule has 0 atom stereocenters. The van der Waals surface area contributed by atoms with E-state index >= 15 is 0 Å². The van der Waals surface area contributed by atoms with Crippen molar-refractivity contribution in [3.05, 3.63) is 0 Å². The van der Waals surface area contributed by atoms with Gasteiger partial charge in [0.25, 0.3) is 0 Å². The van der Waals surface area contributed by atoms with Crippen molar-refractivity contribution in [1.82, 2.24) is 6.15 Å². The maximum absolute atomic E-state index is 8.25. The fourth-order valence-corrected chi connectivity index (χ4v) is 0. The van der Waals surface area contributed by atoms with Crippen LogP contribution in [0.2, 0.25) is 0 Å². The Balaban J connectivity index is -0.00000000500. The Bertz CT molecular complexity index is 8.00. The van der Waals surface area contributed by atoms with E-state index in [2.05, 4.69) is 0 Å². The van der Waals surface area contributed by atoms with Crippen LogP contribution in [0, 0.1) is 0 Å². The average Bonchev–Trinajstić information content (AvgIpc) is 1.00. The summed E-state index contributed by atoms with van der Waals surface area (Å²) in [6.07, 6.45) is 0. The van der Waals surface area contributed by atoms with E-state index in [9.17, 15) is 0 Å². The summed E-state index contributed by atoms with van der Waals surface area (Å²) in [6, 6.07) is 0. The first-order valence-electron chi connectivity index (χ1n) is 0.204. The Labute approximate surface area is 35.3 Å². The van der Waals surface area contributed by atoms with Crippen molar-refractivity contribution >= 4 is 0 Å². The van der Waals surface area contributed by atoms with Crippen LogP contribution in [-0.2, 0) is 23.7 Å². The van der Waals surface area contributed by atoms with E-state index in [1.54, 1.807) is 0 Å². The van der Waals surface area contributed by atoms with Crippen molar-refractivity contribution in [2.75, 3.05) is 0 Å². The maximum atomic E-state index is 8.25. The number of halogens is 1. The molecule has 4 heavy (non-hydrogen) atoms. The Morgan fingerprint density at radius 2 is 1.25 bits per heavy atom. The van der Waals surface area contributed by atoms with Crippen LogP contribution in [0.5, 0.6) is 0 Å². The molecular formula is H4FNOTi. The molecule has 0 aliphatic rings. The van der Waals surface area contributed by atoms with Gasteiger partial charge in [0.15, 0.2) is 0 Å². The van der Waals surface area contributed by atoms with Gasteiger partial charge in [-0.05, 0) is 0 Å². The van der Waals surface area contributed by atoms with Crippen LogP contribution in [0.4, 0.5) is 0 Å². The molecule has 0 aromatic rings. The summed E-state index contributed by atoms with van der Waals surface area (Å²) in [6.45, 7) is 0. The van der Waals surface area contributed by atoms with Gasteiger partial charge >= 0.3 is 23.7 Å². The van der Waals surface area contributed by atoms with Crippen LogP contribution < -0.4 is 10.9 Å². The molecular weight excluding hydrogens is 96.9 g/mol. The topological polar surface area (TPSA) is 53.6 Å². The Kier molecular flexibility index (Phi) is 779. The van der Waals surface area contributed by atoms with E-state index in [-0.39, 0.29) is 10.9 Å². The quantitative estimate of drug-likeness (QED) is 0.330. The third kappa shape index (κ3) is 29.0. The van der Waals surface area contributed by atoms with Crippen molar-refractivity contribution < 1.29 is 28.4 Å². The van der Waals surface area contributed by atoms with Crippen LogP contribution in [0.15, 0.2) is 0 Å². The molecule has 4 N–H and O–H groups in total. The molecule has 0 fully saturated rings. The van der Waals surface area contributed by atoms with Crippen molar-refractivity contribution in [3.63, 3.8) is 0 Å². The summed E-state index contributed by atoms with van der Waals surface area (Å²) in [4.78, 5) is 0. The normalized spacial score (nSPS) is 0.750. The molecule has 26 valence electrons. The summed E-state index contributed by atoms with van der Waals surface area (Å²) >= 11 is 0.750. The molecule has 0 rings (SSSR count). The van der Waals surface area contributed by atoms with Crippen LogP contribution in [-0.4, -0.2) is 0 Å². The minimum atomic E-state index is 0. The van der Waals surface area contributed by atoms with Gasteiger partial charge in [-0.2, -0.15) is 0 Å². The monoisotopic (exact) mass is 101 g/mol. The molecule has 0 heterocycles. The minimum absolute atomic E-state index is 0. The molecule has 0 amide bonds. The molecule has 0 unspecified atom stereocenters. The zero-order chi connectivity index (χ0) is 2.00. The third-order valence-corrected chi connectivity index (χ3v) is 0. The molecule has 0 radical (unpaired) electrons. The standard InChI is InChI=1S/FH.H3N.O.Ti/h1H;1H3;;. The molecule has 4 heteroatoms. The summed E-state index contributed by atoms with van der Waals surface area (Å²) < 4.78 is 8.25. The number of hydrogen-bond acceptors (Lipinski definition) is 1. The SMILES string of the molecule is [F-].[NH4+].[O]=[Ti]. The molecule has 0 aliphatic heterocycles. The Morgan fingerprint density at radius 1 is 1.25 bits per heavy atom. The van der Waals surface area contributed by atoms with Crippen LogP contribution in [0.1, 0.15) is 0 Å². The van der Waals surface area contributed by atoms with Gasteiger partial charge in [0.1, 0.15) is 0 Å². The summed E-state index contributed by atoms with van der Waals surface area (Å²) in [5.74, 6) is 0. The van der Waals surface area contributed by atoms with Gasteiger partial charge in [0.05, 0.1) is 0 Å².